The minimum absolute atomic E-state index is 0.234. The zero-order chi connectivity index (χ0) is 17.8. The van der Waals surface area contributed by atoms with E-state index in [2.05, 4.69) is 15.3 Å². The lowest BCUT2D eigenvalue weighted by molar-refractivity contribution is 0.0272. The predicted octanol–water partition coefficient (Wildman–Crippen LogP) is 3.56. The second-order valence-corrected chi connectivity index (χ2v) is 8.09. The van der Waals surface area contributed by atoms with Crippen LogP contribution in [0.3, 0.4) is 0 Å². The summed E-state index contributed by atoms with van der Waals surface area (Å²) in [6.45, 7) is 7.05. The standard InChI is InChI=1S/C18H21ClN4O2/c1-18(2,3)25-17(24)23-8-10-11(9-23)14(10)22-16-15(19)20-12-6-4-5-7-13(12)21-16/h4-7,10-11,14H,8-9H2,1-3H3,(H,21,22)/t10-,11+,14?. The largest absolute Gasteiger partial charge is 0.444 e. The minimum Gasteiger partial charge on any atom is -0.444 e. The Kier molecular flexibility index (Phi) is 3.76. The first kappa shape index (κ1) is 16.4. The normalized spacial score (nSPS) is 25.0. The summed E-state index contributed by atoms with van der Waals surface area (Å²) in [6, 6.07) is 7.94. The minimum atomic E-state index is -0.463. The van der Waals surface area contributed by atoms with E-state index in [9.17, 15) is 4.79 Å². The van der Waals surface area contributed by atoms with Crippen molar-refractivity contribution in [2.75, 3.05) is 18.4 Å². The fourth-order valence-corrected chi connectivity index (χ4v) is 3.63. The molecule has 1 aromatic carbocycles. The molecule has 1 saturated carbocycles. The molecule has 25 heavy (non-hydrogen) atoms. The molecule has 1 unspecified atom stereocenters. The van der Waals surface area contributed by atoms with E-state index in [1.165, 1.54) is 0 Å². The van der Waals surface area contributed by atoms with E-state index < -0.39 is 5.60 Å². The molecule has 1 amide bonds. The van der Waals surface area contributed by atoms with Crippen LogP contribution in [-0.4, -0.2) is 45.7 Å². The Morgan fingerprint density at radius 2 is 1.80 bits per heavy atom. The van der Waals surface area contributed by atoms with Crippen molar-refractivity contribution in [3.63, 3.8) is 0 Å². The van der Waals surface area contributed by atoms with Crippen LogP contribution in [0.2, 0.25) is 5.15 Å². The van der Waals surface area contributed by atoms with Crippen LogP contribution in [0, 0.1) is 11.8 Å². The van der Waals surface area contributed by atoms with Crippen molar-refractivity contribution in [1.29, 1.82) is 0 Å². The Bertz CT molecular complexity index is 823. The molecule has 2 aromatic rings. The number of likely N-dealkylation sites (tertiary alicyclic amines) is 1. The van der Waals surface area contributed by atoms with Crippen molar-refractivity contribution in [3.05, 3.63) is 29.4 Å². The van der Waals surface area contributed by atoms with Gasteiger partial charge >= 0.3 is 6.09 Å². The van der Waals surface area contributed by atoms with E-state index in [0.29, 0.717) is 35.9 Å². The topological polar surface area (TPSA) is 67.3 Å². The van der Waals surface area contributed by atoms with Gasteiger partial charge in [0.2, 0.25) is 0 Å². The summed E-state index contributed by atoms with van der Waals surface area (Å²) < 4.78 is 5.43. The predicted molar refractivity (Wildman–Crippen MR) is 96.7 cm³/mol. The van der Waals surface area contributed by atoms with Crippen LogP contribution in [0.15, 0.2) is 24.3 Å². The van der Waals surface area contributed by atoms with E-state index in [1.807, 2.05) is 45.0 Å². The number of ether oxygens (including phenoxy) is 1. The highest BCUT2D eigenvalue weighted by molar-refractivity contribution is 6.32. The van der Waals surface area contributed by atoms with Crippen LogP contribution >= 0.6 is 11.6 Å². The number of nitrogens with one attached hydrogen (secondary N) is 1. The van der Waals surface area contributed by atoms with Gasteiger partial charge < -0.3 is 15.0 Å². The smallest absolute Gasteiger partial charge is 0.410 e. The Labute approximate surface area is 151 Å². The molecule has 1 N–H and O–H groups in total. The van der Waals surface area contributed by atoms with Gasteiger partial charge in [0.25, 0.3) is 0 Å². The highest BCUT2D eigenvalue weighted by atomic mass is 35.5. The zero-order valence-electron chi connectivity index (χ0n) is 14.5. The Hall–Kier alpha value is -2.08. The number of fused-ring (bicyclic) bond motifs is 2. The quantitative estimate of drug-likeness (QED) is 0.886. The molecule has 132 valence electrons. The number of hydrogen-bond donors (Lipinski definition) is 1. The van der Waals surface area contributed by atoms with Gasteiger partial charge in [0.1, 0.15) is 5.60 Å². The molecule has 0 bridgehead atoms. The summed E-state index contributed by atoms with van der Waals surface area (Å²) in [4.78, 5) is 22.9. The van der Waals surface area contributed by atoms with Crippen molar-refractivity contribution in [2.24, 2.45) is 11.8 Å². The number of hydrogen-bond acceptors (Lipinski definition) is 5. The van der Waals surface area contributed by atoms with Gasteiger partial charge in [-0.3, -0.25) is 0 Å². The maximum absolute atomic E-state index is 12.1. The summed E-state index contributed by atoms with van der Waals surface area (Å²) in [6.07, 6.45) is -0.234. The molecule has 0 spiro atoms. The molecular formula is C18H21ClN4O2. The van der Waals surface area contributed by atoms with Crippen molar-refractivity contribution in [2.45, 2.75) is 32.4 Å². The number of amides is 1. The molecule has 7 heteroatoms. The Morgan fingerprint density at radius 3 is 2.40 bits per heavy atom. The average Bonchev–Trinajstić information content (AvgIpc) is 2.97. The molecule has 1 saturated heterocycles. The van der Waals surface area contributed by atoms with Gasteiger partial charge in [-0.2, -0.15) is 0 Å². The Morgan fingerprint density at radius 1 is 1.20 bits per heavy atom. The van der Waals surface area contributed by atoms with Crippen LogP contribution < -0.4 is 5.32 Å². The molecule has 3 atom stereocenters. The molecule has 1 aliphatic heterocycles. The lowest BCUT2D eigenvalue weighted by Gasteiger charge is -2.26. The number of piperidine rings is 1. The second kappa shape index (κ2) is 5.73. The third kappa shape index (κ3) is 3.23. The maximum atomic E-state index is 12.1. The molecule has 6 nitrogen and oxygen atoms in total. The number of benzene rings is 1. The van der Waals surface area contributed by atoms with Gasteiger partial charge in [0.05, 0.1) is 11.0 Å². The maximum Gasteiger partial charge on any atom is 0.410 e. The first-order chi connectivity index (χ1) is 11.8. The van der Waals surface area contributed by atoms with Crippen LogP contribution in [-0.2, 0) is 4.74 Å². The molecule has 1 aliphatic carbocycles. The highest BCUT2D eigenvalue weighted by Gasteiger charge is 2.57. The summed E-state index contributed by atoms with van der Waals surface area (Å²) in [7, 11) is 0. The number of aromatic nitrogens is 2. The summed E-state index contributed by atoms with van der Waals surface area (Å²) >= 11 is 6.26. The zero-order valence-corrected chi connectivity index (χ0v) is 15.2. The summed E-state index contributed by atoms with van der Waals surface area (Å²) in [5.41, 5.74) is 1.14. The van der Waals surface area contributed by atoms with Gasteiger partial charge in [-0.15, -0.1) is 0 Å². The van der Waals surface area contributed by atoms with Crippen molar-refractivity contribution < 1.29 is 9.53 Å². The van der Waals surface area contributed by atoms with E-state index in [-0.39, 0.29) is 12.1 Å². The molecule has 2 heterocycles. The highest BCUT2D eigenvalue weighted by Crippen LogP contribution is 2.47. The fourth-order valence-electron chi connectivity index (χ4n) is 3.44. The third-order valence-electron chi connectivity index (χ3n) is 4.68. The second-order valence-electron chi connectivity index (χ2n) is 7.73. The molecule has 0 radical (unpaired) electrons. The third-order valence-corrected chi connectivity index (χ3v) is 4.94. The van der Waals surface area contributed by atoms with Crippen molar-refractivity contribution in [3.8, 4) is 0 Å². The number of nitrogens with zero attached hydrogens (tertiary/aromatic N) is 3. The first-order valence-corrected chi connectivity index (χ1v) is 8.86. The van der Waals surface area contributed by atoms with E-state index >= 15 is 0 Å². The lowest BCUT2D eigenvalue weighted by atomic mass is 10.2. The number of carbonyl (C=O) groups excluding carboxylic acids is 1. The number of halogens is 1. The van der Waals surface area contributed by atoms with Gasteiger partial charge in [0.15, 0.2) is 11.0 Å². The fraction of sp³-hybridized carbons (Fsp3) is 0.500. The molecule has 4 rings (SSSR count). The van der Waals surface area contributed by atoms with Crippen LogP contribution in [0.25, 0.3) is 11.0 Å². The van der Waals surface area contributed by atoms with Crippen LogP contribution in [0.1, 0.15) is 20.8 Å². The molecule has 2 aliphatic rings. The number of rotatable bonds is 2. The number of para-hydroxylation sites is 2. The molecular weight excluding hydrogens is 340 g/mol. The number of anilines is 1. The van der Waals surface area contributed by atoms with Gasteiger partial charge in [-0.25, -0.2) is 14.8 Å². The lowest BCUT2D eigenvalue weighted by Crippen LogP contribution is -2.38. The Balaban J connectivity index is 1.40. The van der Waals surface area contributed by atoms with E-state index in [1.54, 1.807) is 4.90 Å². The van der Waals surface area contributed by atoms with Gasteiger partial charge in [0, 0.05) is 31.0 Å². The molecule has 1 aromatic heterocycles. The van der Waals surface area contributed by atoms with E-state index in [0.717, 1.165) is 11.0 Å². The van der Waals surface area contributed by atoms with Crippen molar-refractivity contribution >= 4 is 34.5 Å². The van der Waals surface area contributed by atoms with Gasteiger partial charge in [-0.1, -0.05) is 23.7 Å². The van der Waals surface area contributed by atoms with Crippen molar-refractivity contribution in [1.82, 2.24) is 14.9 Å². The molecule has 2 fully saturated rings. The summed E-state index contributed by atoms with van der Waals surface area (Å²) in [5.74, 6) is 1.44. The van der Waals surface area contributed by atoms with Crippen LogP contribution in [0.4, 0.5) is 10.6 Å². The van der Waals surface area contributed by atoms with Crippen LogP contribution in [0.5, 0.6) is 0 Å². The average molecular weight is 361 g/mol. The van der Waals surface area contributed by atoms with Gasteiger partial charge in [-0.05, 0) is 32.9 Å². The first-order valence-electron chi connectivity index (χ1n) is 8.48. The van der Waals surface area contributed by atoms with E-state index in [4.69, 9.17) is 16.3 Å². The SMILES string of the molecule is CC(C)(C)OC(=O)N1C[C@@H]2C(Nc3nc4ccccc4nc3Cl)[C@@H]2C1. The summed E-state index contributed by atoms with van der Waals surface area (Å²) in [5, 5.41) is 3.78. The number of carbonyl (C=O) groups is 1. The monoisotopic (exact) mass is 360 g/mol.